The summed E-state index contributed by atoms with van der Waals surface area (Å²) < 4.78 is 0. The van der Waals surface area contributed by atoms with E-state index in [4.69, 9.17) is 5.73 Å². The Morgan fingerprint density at radius 1 is 1.35 bits per heavy atom. The third-order valence-corrected chi connectivity index (χ3v) is 3.72. The molecule has 0 spiro atoms. The van der Waals surface area contributed by atoms with Crippen LogP contribution in [0.3, 0.4) is 0 Å². The van der Waals surface area contributed by atoms with Crippen LogP contribution in [0, 0.1) is 16.0 Å². The van der Waals surface area contributed by atoms with Crippen molar-refractivity contribution < 1.29 is 4.92 Å². The van der Waals surface area contributed by atoms with E-state index in [0.29, 0.717) is 18.4 Å². The molecule has 4 nitrogen and oxygen atoms in total. The topological polar surface area (TPSA) is 69.2 Å². The molecule has 1 saturated carbocycles. The number of non-ortho nitro benzene ring substituents is 1. The molecule has 1 aromatic rings. The first-order chi connectivity index (χ1) is 8.22. The summed E-state index contributed by atoms with van der Waals surface area (Å²) in [4.78, 5) is 10.4. The summed E-state index contributed by atoms with van der Waals surface area (Å²) in [6, 6.07) is 7.02. The van der Waals surface area contributed by atoms with Crippen LogP contribution >= 0.6 is 0 Å². The van der Waals surface area contributed by atoms with Crippen LogP contribution in [0.1, 0.15) is 37.2 Å². The molecule has 0 amide bonds. The van der Waals surface area contributed by atoms with Crippen LogP contribution in [0.25, 0.3) is 0 Å². The zero-order chi connectivity index (χ0) is 12.3. The zero-order valence-corrected chi connectivity index (χ0v) is 9.84. The molecule has 1 aliphatic rings. The summed E-state index contributed by atoms with van der Waals surface area (Å²) >= 11 is 0. The van der Waals surface area contributed by atoms with Crippen LogP contribution in [0.5, 0.6) is 0 Å². The lowest BCUT2D eigenvalue weighted by atomic mass is 9.75. The molecular weight excluding hydrogens is 216 g/mol. The summed E-state index contributed by atoms with van der Waals surface area (Å²) in [5, 5.41) is 10.8. The molecule has 0 aromatic heterocycles. The molecule has 92 valence electrons. The lowest BCUT2D eigenvalue weighted by Crippen LogP contribution is -2.25. The Kier molecular flexibility index (Phi) is 3.74. The van der Waals surface area contributed by atoms with Gasteiger partial charge in [-0.25, -0.2) is 0 Å². The van der Waals surface area contributed by atoms with E-state index in [1.165, 1.54) is 12.8 Å². The Balaban J connectivity index is 2.25. The van der Waals surface area contributed by atoms with Gasteiger partial charge in [0.2, 0.25) is 0 Å². The molecule has 0 heterocycles. The molecule has 1 aromatic carbocycles. The Hall–Kier alpha value is -1.42. The fourth-order valence-corrected chi connectivity index (χ4v) is 2.80. The first-order valence-corrected chi connectivity index (χ1v) is 6.17. The van der Waals surface area contributed by atoms with Crippen molar-refractivity contribution >= 4 is 5.69 Å². The van der Waals surface area contributed by atoms with Gasteiger partial charge >= 0.3 is 0 Å². The van der Waals surface area contributed by atoms with Crippen molar-refractivity contribution in [3.63, 3.8) is 0 Å². The quantitative estimate of drug-likeness (QED) is 0.645. The van der Waals surface area contributed by atoms with Gasteiger partial charge in [-0.3, -0.25) is 10.1 Å². The molecule has 2 unspecified atom stereocenters. The normalized spacial score (nSPS) is 24.5. The predicted octanol–water partition coefficient (Wildman–Crippen LogP) is 2.83. The Morgan fingerprint density at radius 2 is 2.12 bits per heavy atom. The van der Waals surface area contributed by atoms with Gasteiger partial charge in [-0.1, -0.05) is 25.0 Å². The highest BCUT2D eigenvalue weighted by Gasteiger charge is 2.26. The van der Waals surface area contributed by atoms with Gasteiger partial charge in [0, 0.05) is 12.1 Å². The number of nitro benzene ring substituents is 1. The van der Waals surface area contributed by atoms with Gasteiger partial charge < -0.3 is 5.73 Å². The smallest absolute Gasteiger partial charge is 0.269 e. The number of hydrogen-bond donors (Lipinski definition) is 1. The Bertz CT molecular complexity index is 406. The molecule has 17 heavy (non-hydrogen) atoms. The van der Waals surface area contributed by atoms with Crippen molar-refractivity contribution in [1.82, 2.24) is 0 Å². The lowest BCUT2D eigenvalue weighted by molar-refractivity contribution is -0.384. The van der Waals surface area contributed by atoms with Gasteiger partial charge in [0.25, 0.3) is 5.69 Å². The molecule has 1 fully saturated rings. The largest absolute Gasteiger partial charge is 0.330 e. The average molecular weight is 234 g/mol. The van der Waals surface area contributed by atoms with E-state index in [9.17, 15) is 10.1 Å². The van der Waals surface area contributed by atoms with Gasteiger partial charge in [-0.2, -0.15) is 0 Å². The number of benzene rings is 1. The van der Waals surface area contributed by atoms with Crippen LogP contribution in [-0.2, 0) is 0 Å². The average Bonchev–Trinajstić information content (AvgIpc) is 2.39. The van der Waals surface area contributed by atoms with E-state index in [1.807, 2.05) is 6.07 Å². The summed E-state index contributed by atoms with van der Waals surface area (Å²) in [5.74, 6) is 0.874. The van der Waals surface area contributed by atoms with E-state index in [0.717, 1.165) is 18.4 Å². The molecule has 2 N–H and O–H groups in total. The van der Waals surface area contributed by atoms with Gasteiger partial charge in [-0.15, -0.1) is 0 Å². The summed E-state index contributed by atoms with van der Waals surface area (Å²) in [7, 11) is 0. The van der Waals surface area contributed by atoms with Crippen molar-refractivity contribution in [2.45, 2.75) is 31.6 Å². The highest BCUT2D eigenvalue weighted by molar-refractivity contribution is 5.36. The zero-order valence-electron chi connectivity index (χ0n) is 9.84. The summed E-state index contributed by atoms with van der Waals surface area (Å²) in [6.45, 7) is 0.674. The van der Waals surface area contributed by atoms with Crippen molar-refractivity contribution in [3.05, 3.63) is 39.9 Å². The molecule has 2 atom stereocenters. The first kappa shape index (κ1) is 12.0. The second-order valence-corrected chi connectivity index (χ2v) is 4.74. The van der Waals surface area contributed by atoms with Gasteiger partial charge in [-0.05, 0) is 36.8 Å². The first-order valence-electron chi connectivity index (χ1n) is 6.17. The van der Waals surface area contributed by atoms with Crippen LogP contribution in [0.15, 0.2) is 24.3 Å². The molecule has 4 heteroatoms. The Labute approximate surface area is 101 Å². The van der Waals surface area contributed by atoms with Crippen molar-refractivity contribution in [3.8, 4) is 0 Å². The van der Waals surface area contributed by atoms with Crippen molar-refractivity contribution in [1.29, 1.82) is 0 Å². The number of nitro groups is 1. The highest BCUT2D eigenvalue weighted by atomic mass is 16.6. The lowest BCUT2D eigenvalue weighted by Gasteiger charge is -2.30. The molecule has 0 bridgehead atoms. The number of nitrogens with zero attached hydrogens (tertiary/aromatic N) is 1. The van der Waals surface area contributed by atoms with Gasteiger partial charge in [0.1, 0.15) is 0 Å². The van der Waals surface area contributed by atoms with E-state index < -0.39 is 0 Å². The number of hydrogen-bond acceptors (Lipinski definition) is 3. The van der Waals surface area contributed by atoms with Crippen molar-refractivity contribution in [2.75, 3.05) is 6.54 Å². The summed E-state index contributed by atoms with van der Waals surface area (Å²) in [6.07, 6.45) is 4.67. The minimum atomic E-state index is -0.330. The van der Waals surface area contributed by atoms with Crippen molar-refractivity contribution in [2.24, 2.45) is 11.7 Å². The van der Waals surface area contributed by atoms with Crippen LogP contribution in [-0.4, -0.2) is 11.5 Å². The highest BCUT2D eigenvalue weighted by Crippen LogP contribution is 2.38. The monoisotopic (exact) mass is 234 g/mol. The second-order valence-electron chi connectivity index (χ2n) is 4.74. The maximum absolute atomic E-state index is 10.8. The van der Waals surface area contributed by atoms with Gasteiger partial charge in [0.15, 0.2) is 0 Å². The maximum Gasteiger partial charge on any atom is 0.269 e. The third-order valence-electron chi connectivity index (χ3n) is 3.72. The minimum absolute atomic E-state index is 0.184. The SMILES string of the molecule is NCC1CCCCC1c1cccc([N+](=O)[O-])c1. The molecule has 0 radical (unpaired) electrons. The van der Waals surface area contributed by atoms with E-state index in [2.05, 4.69) is 0 Å². The van der Waals surface area contributed by atoms with Gasteiger partial charge in [0.05, 0.1) is 4.92 Å². The molecule has 0 saturated heterocycles. The Morgan fingerprint density at radius 3 is 2.82 bits per heavy atom. The summed E-state index contributed by atoms with van der Waals surface area (Å²) in [5.41, 5.74) is 7.06. The maximum atomic E-state index is 10.8. The number of nitrogens with two attached hydrogens (primary N) is 1. The van der Waals surface area contributed by atoms with Crippen LogP contribution in [0.4, 0.5) is 5.69 Å². The molecule has 0 aliphatic heterocycles. The second kappa shape index (κ2) is 5.27. The van der Waals surface area contributed by atoms with Crippen LogP contribution in [0.2, 0.25) is 0 Å². The molecule has 1 aliphatic carbocycles. The fraction of sp³-hybridized carbons (Fsp3) is 0.538. The third kappa shape index (κ3) is 2.64. The predicted molar refractivity (Wildman–Crippen MR) is 66.8 cm³/mol. The minimum Gasteiger partial charge on any atom is -0.330 e. The standard InChI is InChI=1S/C13H18N2O2/c14-9-11-4-1-2-7-13(11)10-5-3-6-12(8-10)15(16)17/h3,5-6,8,11,13H,1-2,4,7,9,14H2. The fourth-order valence-electron chi connectivity index (χ4n) is 2.80. The number of rotatable bonds is 3. The van der Waals surface area contributed by atoms with E-state index >= 15 is 0 Å². The molecule has 2 rings (SSSR count). The van der Waals surface area contributed by atoms with E-state index in [1.54, 1.807) is 18.2 Å². The van der Waals surface area contributed by atoms with Crippen LogP contribution < -0.4 is 5.73 Å². The van der Waals surface area contributed by atoms with E-state index in [-0.39, 0.29) is 10.6 Å². The molecular formula is C13H18N2O2.